The van der Waals surface area contributed by atoms with E-state index in [1.807, 2.05) is 13.8 Å². The van der Waals surface area contributed by atoms with E-state index < -0.39 is 22.5 Å². The number of hydrogen-bond acceptors (Lipinski definition) is 7. The van der Waals surface area contributed by atoms with Gasteiger partial charge in [0.2, 0.25) is 0 Å². The molecule has 7 nitrogen and oxygen atoms in total. The van der Waals surface area contributed by atoms with Crippen molar-refractivity contribution < 1.29 is 31.7 Å². The second-order valence-corrected chi connectivity index (χ2v) is 6.67. The molecular weight excluding hydrogens is 342 g/mol. The number of halogens is 1. The Labute approximate surface area is 133 Å². The molecule has 0 radical (unpaired) electrons. The van der Waals surface area contributed by atoms with Gasteiger partial charge in [-0.15, -0.1) is 11.6 Å². The highest BCUT2D eigenvalue weighted by Gasteiger charge is 2.28. The van der Waals surface area contributed by atoms with Gasteiger partial charge in [-0.25, -0.2) is 4.57 Å². The first-order valence-corrected chi connectivity index (χ1v) is 9.96. The minimum Gasteiger partial charge on any atom is -0.313 e. The maximum atomic E-state index is 12.1. The first-order chi connectivity index (χ1) is 10.0. The SMILES string of the molecule is CCOP(OCC)OC(CCl)COP(=O)(OCC)OCC. The zero-order valence-corrected chi connectivity index (χ0v) is 15.5. The van der Waals surface area contributed by atoms with E-state index in [1.54, 1.807) is 13.8 Å². The van der Waals surface area contributed by atoms with Crippen LogP contribution in [-0.2, 0) is 31.7 Å². The first kappa shape index (κ1) is 21.7. The van der Waals surface area contributed by atoms with Gasteiger partial charge >= 0.3 is 16.4 Å². The van der Waals surface area contributed by atoms with Gasteiger partial charge in [-0.2, -0.15) is 0 Å². The van der Waals surface area contributed by atoms with E-state index in [-0.39, 0.29) is 25.7 Å². The van der Waals surface area contributed by atoms with E-state index in [0.717, 1.165) is 0 Å². The molecule has 0 N–H and O–H groups in total. The van der Waals surface area contributed by atoms with Crippen LogP contribution in [0.5, 0.6) is 0 Å². The van der Waals surface area contributed by atoms with Crippen LogP contribution in [0.1, 0.15) is 27.7 Å². The summed E-state index contributed by atoms with van der Waals surface area (Å²) in [5.41, 5.74) is 0. The standard InChI is InChI=1S/C11H25ClO7P2/c1-5-14-20(15-6-2)19-11(9-12)10-18-21(13,16-7-3)17-8-4/h11H,5-10H2,1-4H3. The van der Waals surface area contributed by atoms with Gasteiger partial charge in [-0.1, -0.05) is 0 Å². The van der Waals surface area contributed by atoms with E-state index >= 15 is 0 Å². The van der Waals surface area contributed by atoms with E-state index in [9.17, 15) is 4.57 Å². The maximum absolute atomic E-state index is 12.1. The lowest BCUT2D eigenvalue weighted by Crippen LogP contribution is -2.20. The van der Waals surface area contributed by atoms with Crippen LogP contribution in [-0.4, -0.2) is 45.0 Å². The lowest BCUT2D eigenvalue weighted by Gasteiger charge is -2.23. The van der Waals surface area contributed by atoms with Crippen molar-refractivity contribution in [2.75, 3.05) is 38.9 Å². The van der Waals surface area contributed by atoms with Gasteiger partial charge in [-0.3, -0.25) is 13.6 Å². The van der Waals surface area contributed by atoms with Gasteiger partial charge in [0.15, 0.2) is 0 Å². The van der Waals surface area contributed by atoms with Crippen LogP contribution < -0.4 is 0 Å². The molecule has 0 bridgehead atoms. The molecule has 0 aliphatic heterocycles. The van der Waals surface area contributed by atoms with Gasteiger partial charge in [-0.05, 0) is 27.7 Å². The van der Waals surface area contributed by atoms with Crippen molar-refractivity contribution in [3.63, 3.8) is 0 Å². The summed E-state index contributed by atoms with van der Waals surface area (Å²) in [6.07, 6.45) is -0.537. The third-order valence-electron chi connectivity index (χ3n) is 1.87. The molecule has 0 aromatic rings. The van der Waals surface area contributed by atoms with Crippen molar-refractivity contribution in [3.05, 3.63) is 0 Å². The van der Waals surface area contributed by atoms with Crippen LogP contribution in [0.15, 0.2) is 0 Å². The fourth-order valence-electron chi connectivity index (χ4n) is 1.14. The second-order valence-electron chi connectivity index (χ2n) is 3.52. The minimum atomic E-state index is -3.57. The van der Waals surface area contributed by atoms with Crippen LogP contribution in [0.3, 0.4) is 0 Å². The Morgan fingerprint density at radius 3 is 1.86 bits per heavy atom. The Hall–Kier alpha value is 0.710. The quantitative estimate of drug-likeness (QED) is 0.338. The molecule has 1 unspecified atom stereocenters. The Morgan fingerprint density at radius 1 is 0.952 bits per heavy atom. The predicted molar refractivity (Wildman–Crippen MR) is 82.6 cm³/mol. The number of rotatable bonds is 14. The topological polar surface area (TPSA) is 72.5 Å². The summed E-state index contributed by atoms with van der Waals surface area (Å²) in [6.45, 7) is 8.38. The predicted octanol–water partition coefficient (Wildman–Crippen LogP) is 4.11. The molecule has 0 saturated heterocycles. The van der Waals surface area contributed by atoms with Crippen molar-refractivity contribution >= 4 is 28.0 Å². The highest BCUT2D eigenvalue weighted by atomic mass is 35.5. The lowest BCUT2D eigenvalue weighted by molar-refractivity contribution is 0.0655. The van der Waals surface area contributed by atoms with Gasteiger partial charge < -0.3 is 13.6 Å². The average molecular weight is 367 g/mol. The Morgan fingerprint density at radius 2 is 1.48 bits per heavy atom. The third-order valence-corrected chi connectivity index (χ3v) is 5.24. The summed E-state index contributed by atoms with van der Waals surface area (Å²) in [5.74, 6) is 0.136. The van der Waals surface area contributed by atoms with E-state index in [1.165, 1.54) is 0 Å². The van der Waals surface area contributed by atoms with Crippen molar-refractivity contribution in [2.24, 2.45) is 0 Å². The van der Waals surface area contributed by atoms with Gasteiger partial charge in [0.25, 0.3) is 0 Å². The Balaban J connectivity index is 4.42. The lowest BCUT2D eigenvalue weighted by atomic mass is 10.4. The van der Waals surface area contributed by atoms with E-state index in [0.29, 0.717) is 13.2 Å². The molecular formula is C11H25ClO7P2. The number of hydrogen-bond donors (Lipinski definition) is 0. The van der Waals surface area contributed by atoms with Crippen LogP contribution in [0.25, 0.3) is 0 Å². The monoisotopic (exact) mass is 366 g/mol. The van der Waals surface area contributed by atoms with Gasteiger partial charge in [0.1, 0.15) is 6.10 Å². The summed E-state index contributed by atoms with van der Waals surface area (Å²) in [4.78, 5) is 0. The molecule has 0 heterocycles. The molecule has 0 fully saturated rings. The molecule has 0 aliphatic rings. The number of phosphoric acid groups is 1. The van der Waals surface area contributed by atoms with Crippen molar-refractivity contribution in [1.82, 2.24) is 0 Å². The smallest absolute Gasteiger partial charge is 0.313 e. The summed E-state index contributed by atoms with van der Waals surface area (Å²) >= 11 is 5.82. The van der Waals surface area contributed by atoms with Crippen LogP contribution >= 0.6 is 28.0 Å². The zero-order valence-electron chi connectivity index (χ0n) is 13.0. The van der Waals surface area contributed by atoms with E-state index in [4.69, 9.17) is 38.7 Å². The zero-order chi connectivity index (χ0) is 16.1. The largest absolute Gasteiger partial charge is 0.474 e. The van der Waals surface area contributed by atoms with Crippen LogP contribution in [0.2, 0.25) is 0 Å². The molecule has 1 atom stereocenters. The highest BCUT2D eigenvalue weighted by molar-refractivity contribution is 7.48. The maximum Gasteiger partial charge on any atom is 0.474 e. The number of alkyl halides is 1. The molecule has 0 rings (SSSR count). The molecule has 0 aromatic carbocycles. The van der Waals surface area contributed by atoms with Crippen molar-refractivity contribution in [1.29, 1.82) is 0 Å². The molecule has 0 spiro atoms. The fraction of sp³-hybridized carbons (Fsp3) is 1.00. The molecule has 0 aromatic heterocycles. The van der Waals surface area contributed by atoms with Crippen LogP contribution in [0, 0.1) is 0 Å². The first-order valence-electron chi connectivity index (χ1n) is 6.87. The van der Waals surface area contributed by atoms with Gasteiger partial charge in [0, 0.05) is 0 Å². The minimum absolute atomic E-state index is 0.0419. The second kappa shape index (κ2) is 13.2. The summed E-state index contributed by atoms with van der Waals surface area (Å²) < 4.78 is 43.6. The highest BCUT2D eigenvalue weighted by Crippen LogP contribution is 2.50. The third kappa shape index (κ3) is 10.2. The summed E-state index contributed by atoms with van der Waals surface area (Å²) in [7, 11) is -5.08. The molecule has 0 saturated carbocycles. The van der Waals surface area contributed by atoms with Crippen LogP contribution in [0.4, 0.5) is 0 Å². The Kier molecular flexibility index (Phi) is 13.6. The summed E-state index contributed by atoms with van der Waals surface area (Å²) in [5, 5.41) is 0. The number of phosphoric ester groups is 1. The molecule has 0 aliphatic carbocycles. The molecule has 21 heavy (non-hydrogen) atoms. The van der Waals surface area contributed by atoms with Crippen molar-refractivity contribution in [3.8, 4) is 0 Å². The van der Waals surface area contributed by atoms with Crippen molar-refractivity contribution in [2.45, 2.75) is 33.8 Å². The molecule has 128 valence electrons. The van der Waals surface area contributed by atoms with E-state index in [2.05, 4.69) is 0 Å². The normalized spacial score (nSPS) is 13.8. The van der Waals surface area contributed by atoms with Gasteiger partial charge in [0.05, 0.1) is 38.9 Å². The molecule has 10 heteroatoms. The summed E-state index contributed by atoms with van der Waals surface area (Å²) in [6, 6.07) is 0. The fourth-order valence-corrected chi connectivity index (χ4v) is 3.58. The average Bonchev–Trinajstić information content (AvgIpc) is 2.44. The molecule has 0 amide bonds. The Bertz CT molecular complexity index is 280.